The van der Waals surface area contributed by atoms with Crippen molar-refractivity contribution in [2.75, 3.05) is 0 Å². The van der Waals surface area contributed by atoms with Crippen LogP contribution in [0.3, 0.4) is 0 Å². The molecule has 194 valence electrons. The van der Waals surface area contributed by atoms with E-state index in [4.69, 9.17) is 19.5 Å². The lowest BCUT2D eigenvalue weighted by molar-refractivity contribution is 0.156. The summed E-state index contributed by atoms with van der Waals surface area (Å²) in [6, 6.07) is 41.7. The van der Waals surface area contributed by atoms with E-state index in [1.165, 1.54) is 0 Å². The highest BCUT2D eigenvalue weighted by atomic mass is 16.5. The number of benzene rings is 4. The molecule has 0 aromatic heterocycles. The minimum Gasteiger partial charge on any atom is -0.469 e. The first kappa shape index (κ1) is 23.9. The Labute approximate surface area is 230 Å². The number of aliphatic imine (C=N–C) groups is 2. The van der Waals surface area contributed by atoms with E-state index in [0.717, 1.165) is 59.7 Å². The average molecular weight is 513 g/mol. The number of hydrogen-bond donors (Lipinski definition) is 0. The van der Waals surface area contributed by atoms with E-state index in [0.29, 0.717) is 0 Å². The minimum atomic E-state index is -0.451. The summed E-state index contributed by atoms with van der Waals surface area (Å²) in [5, 5.41) is 0. The van der Waals surface area contributed by atoms with E-state index in [-0.39, 0.29) is 24.3 Å². The van der Waals surface area contributed by atoms with Crippen molar-refractivity contribution in [3.63, 3.8) is 0 Å². The third-order valence-corrected chi connectivity index (χ3v) is 8.38. The molecule has 2 heterocycles. The Morgan fingerprint density at radius 1 is 0.462 bits per heavy atom. The van der Waals surface area contributed by atoms with Crippen LogP contribution in [0.1, 0.15) is 72.2 Å². The van der Waals surface area contributed by atoms with Gasteiger partial charge in [0.2, 0.25) is 11.8 Å². The van der Waals surface area contributed by atoms with Gasteiger partial charge < -0.3 is 9.47 Å². The van der Waals surface area contributed by atoms with Crippen molar-refractivity contribution in [2.24, 2.45) is 15.4 Å². The van der Waals surface area contributed by atoms with Crippen molar-refractivity contribution in [3.05, 3.63) is 144 Å². The molecule has 1 fully saturated rings. The van der Waals surface area contributed by atoms with Gasteiger partial charge in [-0.3, -0.25) is 0 Å². The minimum absolute atomic E-state index is 0.113. The molecular formula is C35H32N2O2. The topological polar surface area (TPSA) is 43.2 Å². The Bertz CT molecular complexity index is 1350. The van der Waals surface area contributed by atoms with Gasteiger partial charge in [-0.2, -0.15) is 0 Å². The second kappa shape index (κ2) is 10.2. The molecule has 0 saturated heterocycles. The van der Waals surface area contributed by atoms with Crippen molar-refractivity contribution in [2.45, 2.75) is 50.0 Å². The third kappa shape index (κ3) is 4.34. The van der Waals surface area contributed by atoms with Crippen molar-refractivity contribution in [3.8, 4) is 0 Å². The summed E-state index contributed by atoms with van der Waals surface area (Å²) in [4.78, 5) is 10.7. The normalized spacial score (nSPS) is 25.4. The van der Waals surface area contributed by atoms with Crippen molar-refractivity contribution in [1.82, 2.24) is 0 Å². The molecule has 0 amide bonds. The molecule has 0 radical (unpaired) electrons. The number of nitrogens with zero attached hydrogens (tertiary/aromatic N) is 2. The van der Waals surface area contributed by atoms with Crippen molar-refractivity contribution in [1.29, 1.82) is 0 Å². The molecule has 0 N–H and O–H groups in total. The van der Waals surface area contributed by atoms with Crippen LogP contribution in [-0.4, -0.2) is 11.8 Å². The van der Waals surface area contributed by atoms with Gasteiger partial charge in [-0.15, -0.1) is 0 Å². The molecule has 0 bridgehead atoms. The van der Waals surface area contributed by atoms with Gasteiger partial charge in [-0.25, -0.2) is 9.98 Å². The molecule has 4 aromatic rings. The van der Waals surface area contributed by atoms with Crippen LogP contribution < -0.4 is 0 Å². The SMILES string of the molecule is c1ccc([C@H]2N=C(C3(C4=N[C@H](c5ccccc5)[C@H](c5ccccc5)O4)CCCC3)O[C@H]2c2ccccc2)cc1. The van der Waals surface area contributed by atoms with E-state index in [1.807, 2.05) is 12.1 Å². The predicted octanol–water partition coefficient (Wildman–Crippen LogP) is 8.37. The van der Waals surface area contributed by atoms with Gasteiger partial charge in [0.05, 0.1) is 0 Å². The molecule has 1 saturated carbocycles. The number of hydrogen-bond acceptors (Lipinski definition) is 4. The molecule has 4 aromatic carbocycles. The highest BCUT2D eigenvalue weighted by Crippen LogP contribution is 2.53. The zero-order chi connectivity index (χ0) is 26.1. The summed E-state index contributed by atoms with van der Waals surface area (Å²) in [5.74, 6) is 1.56. The van der Waals surface area contributed by atoms with Crippen LogP contribution in [0, 0.1) is 5.41 Å². The lowest BCUT2D eigenvalue weighted by Gasteiger charge is -2.29. The Morgan fingerprint density at radius 2 is 0.795 bits per heavy atom. The lowest BCUT2D eigenvalue weighted by atomic mass is 9.85. The molecule has 2 aliphatic heterocycles. The Kier molecular flexibility index (Phi) is 6.24. The molecule has 1 aliphatic carbocycles. The molecule has 0 unspecified atom stereocenters. The van der Waals surface area contributed by atoms with Crippen LogP contribution in [0.5, 0.6) is 0 Å². The van der Waals surface area contributed by atoms with Gasteiger partial charge in [-0.05, 0) is 35.1 Å². The summed E-state index contributed by atoms with van der Waals surface area (Å²) in [5.41, 5.74) is 4.14. The smallest absolute Gasteiger partial charge is 0.200 e. The number of rotatable bonds is 6. The highest BCUT2D eigenvalue weighted by molar-refractivity contribution is 6.07. The van der Waals surface area contributed by atoms with Crippen LogP contribution in [0.25, 0.3) is 0 Å². The summed E-state index contributed by atoms with van der Waals surface area (Å²) in [7, 11) is 0. The van der Waals surface area contributed by atoms with E-state index in [9.17, 15) is 0 Å². The fourth-order valence-electron chi connectivity index (χ4n) is 6.37. The van der Waals surface area contributed by atoms with Gasteiger partial charge in [0.25, 0.3) is 0 Å². The van der Waals surface area contributed by atoms with Crippen LogP contribution in [0.4, 0.5) is 0 Å². The zero-order valence-electron chi connectivity index (χ0n) is 21.9. The van der Waals surface area contributed by atoms with Crippen LogP contribution in [0.2, 0.25) is 0 Å². The van der Waals surface area contributed by atoms with E-state index >= 15 is 0 Å². The van der Waals surface area contributed by atoms with Gasteiger partial charge >= 0.3 is 0 Å². The molecule has 0 spiro atoms. The maximum Gasteiger partial charge on any atom is 0.200 e. The monoisotopic (exact) mass is 512 g/mol. The van der Waals surface area contributed by atoms with E-state index in [2.05, 4.69) is 109 Å². The zero-order valence-corrected chi connectivity index (χ0v) is 21.9. The molecule has 4 atom stereocenters. The maximum absolute atomic E-state index is 6.89. The average Bonchev–Trinajstić information content (AvgIpc) is 3.78. The summed E-state index contributed by atoms with van der Waals surface area (Å²) in [6.45, 7) is 0. The summed E-state index contributed by atoms with van der Waals surface area (Å²) < 4.78 is 13.8. The Morgan fingerprint density at radius 3 is 1.15 bits per heavy atom. The summed E-state index contributed by atoms with van der Waals surface area (Å²) >= 11 is 0. The van der Waals surface area contributed by atoms with Gasteiger partial charge in [0.15, 0.2) is 12.2 Å². The highest BCUT2D eigenvalue weighted by Gasteiger charge is 2.54. The van der Waals surface area contributed by atoms with Gasteiger partial charge in [-0.1, -0.05) is 134 Å². The Balaban J connectivity index is 1.31. The first-order chi connectivity index (χ1) is 19.3. The molecular weight excluding hydrogens is 480 g/mol. The fourth-order valence-corrected chi connectivity index (χ4v) is 6.37. The summed E-state index contributed by atoms with van der Waals surface area (Å²) in [6.07, 6.45) is 3.69. The maximum atomic E-state index is 6.89. The number of ether oxygens (including phenoxy) is 2. The van der Waals surface area contributed by atoms with Crippen molar-refractivity contribution < 1.29 is 9.47 Å². The first-order valence-electron chi connectivity index (χ1n) is 14.0. The molecule has 4 heteroatoms. The van der Waals surface area contributed by atoms with Crippen molar-refractivity contribution >= 4 is 11.8 Å². The van der Waals surface area contributed by atoms with Crippen LogP contribution >= 0.6 is 0 Å². The molecule has 39 heavy (non-hydrogen) atoms. The fraction of sp³-hybridized carbons (Fsp3) is 0.257. The molecule has 7 rings (SSSR count). The molecule has 4 nitrogen and oxygen atoms in total. The predicted molar refractivity (Wildman–Crippen MR) is 155 cm³/mol. The Hall–Kier alpha value is -4.18. The van der Waals surface area contributed by atoms with E-state index in [1.54, 1.807) is 0 Å². The quantitative estimate of drug-likeness (QED) is 0.260. The van der Waals surface area contributed by atoms with Gasteiger partial charge in [0, 0.05) is 0 Å². The second-order valence-corrected chi connectivity index (χ2v) is 10.8. The van der Waals surface area contributed by atoms with Gasteiger partial charge in [0.1, 0.15) is 17.5 Å². The van der Waals surface area contributed by atoms with E-state index < -0.39 is 5.41 Å². The standard InChI is InChI=1S/C35H32N2O2/c1-5-15-25(16-6-1)29-31(27-19-9-3-10-20-27)38-33(36-29)35(23-13-14-24-35)34-37-30(26-17-7-2-8-18-26)32(39-34)28-21-11-4-12-22-28/h1-12,15-22,29-32H,13-14,23-24H2/t29-,30-,31+,32+/m1/s1. The largest absolute Gasteiger partial charge is 0.469 e. The lowest BCUT2D eigenvalue weighted by Crippen LogP contribution is -2.38. The first-order valence-corrected chi connectivity index (χ1v) is 14.0. The third-order valence-electron chi connectivity index (χ3n) is 8.38. The second-order valence-electron chi connectivity index (χ2n) is 10.8. The van der Waals surface area contributed by atoms with Crippen LogP contribution in [-0.2, 0) is 9.47 Å². The van der Waals surface area contributed by atoms with Crippen LogP contribution in [0.15, 0.2) is 131 Å². The molecule has 3 aliphatic rings.